The van der Waals surface area contributed by atoms with Crippen LogP contribution in [0.25, 0.3) is 0 Å². The zero-order valence-corrected chi connectivity index (χ0v) is 10.2. The Morgan fingerprint density at radius 2 is 2.35 bits per heavy atom. The molecule has 7 heteroatoms. The molecule has 0 spiro atoms. The molecule has 0 saturated heterocycles. The van der Waals surface area contributed by atoms with E-state index in [1.165, 1.54) is 6.07 Å². The van der Waals surface area contributed by atoms with E-state index >= 15 is 0 Å². The number of carbonyl (C=O) groups is 1. The summed E-state index contributed by atoms with van der Waals surface area (Å²) in [6.07, 6.45) is 0.667. The number of anilines is 1. The Balaban J connectivity index is 2.73. The maximum atomic E-state index is 11.2. The van der Waals surface area contributed by atoms with Gasteiger partial charge in [0.15, 0.2) is 11.0 Å². The largest absolute Gasteiger partial charge is 0.396 e. The summed E-state index contributed by atoms with van der Waals surface area (Å²) in [5.74, 6) is -0.0518. The molecule has 94 valence electrons. The van der Waals surface area contributed by atoms with E-state index in [-0.39, 0.29) is 23.2 Å². The number of hydrogen-bond acceptors (Lipinski definition) is 5. The molecule has 0 aliphatic carbocycles. The van der Waals surface area contributed by atoms with Crippen molar-refractivity contribution in [3.63, 3.8) is 0 Å². The minimum atomic E-state index is -0.612. The van der Waals surface area contributed by atoms with Crippen LogP contribution in [0, 0.1) is 5.92 Å². The molecule has 1 atom stereocenters. The summed E-state index contributed by atoms with van der Waals surface area (Å²) in [6.45, 7) is 2.66. The van der Waals surface area contributed by atoms with E-state index in [4.69, 9.17) is 22.4 Å². The van der Waals surface area contributed by atoms with Crippen molar-refractivity contribution in [1.82, 2.24) is 10.2 Å². The van der Waals surface area contributed by atoms with Gasteiger partial charge < -0.3 is 16.2 Å². The monoisotopic (exact) mass is 258 g/mol. The quantitative estimate of drug-likeness (QED) is 0.696. The highest BCUT2D eigenvalue weighted by molar-refractivity contribution is 6.29. The van der Waals surface area contributed by atoms with Crippen LogP contribution >= 0.6 is 11.6 Å². The summed E-state index contributed by atoms with van der Waals surface area (Å²) in [4.78, 5) is 11.2. The Kier molecular flexibility index (Phi) is 5.11. The fourth-order valence-electron chi connectivity index (χ4n) is 1.28. The number of nitrogens with two attached hydrogens (primary N) is 1. The van der Waals surface area contributed by atoms with Crippen molar-refractivity contribution >= 4 is 23.3 Å². The Morgan fingerprint density at radius 3 is 2.94 bits per heavy atom. The number of aliphatic hydroxyl groups excluding tert-OH is 1. The summed E-state index contributed by atoms with van der Waals surface area (Å²) < 4.78 is 0. The normalized spacial score (nSPS) is 12.2. The second-order valence-corrected chi connectivity index (χ2v) is 4.18. The van der Waals surface area contributed by atoms with Gasteiger partial charge in [-0.3, -0.25) is 4.79 Å². The van der Waals surface area contributed by atoms with Crippen LogP contribution in [0.4, 0.5) is 5.82 Å². The number of aromatic nitrogens is 2. The third-order valence-electron chi connectivity index (χ3n) is 2.27. The lowest BCUT2D eigenvalue weighted by molar-refractivity contribution is 0.100. The van der Waals surface area contributed by atoms with Crippen LogP contribution in [-0.2, 0) is 0 Å². The zero-order chi connectivity index (χ0) is 12.8. The maximum Gasteiger partial charge on any atom is 0.252 e. The summed E-state index contributed by atoms with van der Waals surface area (Å²) in [7, 11) is 0. The Labute approximate surface area is 104 Å². The lowest BCUT2D eigenvalue weighted by Crippen LogP contribution is -2.19. The Morgan fingerprint density at radius 1 is 1.65 bits per heavy atom. The van der Waals surface area contributed by atoms with Gasteiger partial charge in [0.25, 0.3) is 5.91 Å². The van der Waals surface area contributed by atoms with E-state index in [2.05, 4.69) is 15.5 Å². The second-order valence-electron chi connectivity index (χ2n) is 3.79. The fraction of sp³-hybridized carbons (Fsp3) is 0.500. The van der Waals surface area contributed by atoms with Gasteiger partial charge in [0.2, 0.25) is 0 Å². The molecule has 1 amide bonds. The summed E-state index contributed by atoms with van der Waals surface area (Å²) in [5.41, 5.74) is 5.41. The number of aliphatic hydroxyl groups is 1. The molecular formula is C10H15ClN4O2. The van der Waals surface area contributed by atoms with E-state index < -0.39 is 5.91 Å². The SMILES string of the molecule is CC(CCO)CNc1nnc(Cl)cc1C(N)=O. The lowest BCUT2D eigenvalue weighted by Gasteiger charge is -2.12. The number of halogens is 1. The molecule has 6 nitrogen and oxygen atoms in total. The van der Waals surface area contributed by atoms with Crippen molar-refractivity contribution in [2.24, 2.45) is 11.7 Å². The molecule has 1 rings (SSSR count). The number of primary amides is 1. The van der Waals surface area contributed by atoms with Crippen LogP contribution in [0.15, 0.2) is 6.07 Å². The highest BCUT2D eigenvalue weighted by Gasteiger charge is 2.12. The van der Waals surface area contributed by atoms with E-state index in [0.29, 0.717) is 18.8 Å². The molecule has 0 bridgehead atoms. The van der Waals surface area contributed by atoms with Gasteiger partial charge in [-0.2, -0.15) is 0 Å². The first kappa shape index (κ1) is 13.7. The maximum absolute atomic E-state index is 11.2. The van der Waals surface area contributed by atoms with Gasteiger partial charge >= 0.3 is 0 Å². The molecule has 0 radical (unpaired) electrons. The summed E-state index contributed by atoms with van der Waals surface area (Å²) >= 11 is 5.63. The molecule has 4 N–H and O–H groups in total. The van der Waals surface area contributed by atoms with Crippen LogP contribution in [0.1, 0.15) is 23.7 Å². The van der Waals surface area contributed by atoms with E-state index in [1.54, 1.807) is 0 Å². The Hall–Kier alpha value is -1.40. The van der Waals surface area contributed by atoms with Crippen molar-refractivity contribution in [3.05, 3.63) is 16.8 Å². The average Bonchev–Trinajstić information content (AvgIpc) is 2.27. The van der Waals surface area contributed by atoms with Crippen LogP contribution < -0.4 is 11.1 Å². The fourth-order valence-corrected chi connectivity index (χ4v) is 1.43. The van der Waals surface area contributed by atoms with Crippen molar-refractivity contribution in [2.75, 3.05) is 18.5 Å². The molecule has 0 aliphatic heterocycles. The van der Waals surface area contributed by atoms with Gasteiger partial charge in [0, 0.05) is 13.2 Å². The van der Waals surface area contributed by atoms with E-state index in [1.807, 2.05) is 6.92 Å². The van der Waals surface area contributed by atoms with Gasteiger partial charge in [-0.05, 0) is 18.4 Å². The third-order valence-corrected chi connectivity index (χ3v) is 2.45. The third kappa shape index (κ3) is 4.16. The van der Waals surface area contributed by atoms with Crippen LogP contribution in [0.3, 0.4) is 0 Å². The predicted molar refractivity (Wildman–Crippen MR) is 64.9 cm³/mol. The molecule has 0 aliphatic rings. The van der Waals surface area contributed by atoms with Crippen molar-refractivity contribution in [1.29, 1.82) is 0 Å². The molecule has 1 aromatic rings. The highest BCUT2D eigenvalue weighted by Crippen LogP contribution is 2.15. The molecule has 0 fully saturated rings. The molecule has 0 saturated carbocycles. The first-order valence-corrected chi connectivity index (χ1v) is 5.60. The number of rotatable bonds is 6. The molecular weight excluding hydrogens is 244 g/mol. The standard InChI is InChI=1S/C10H15ClN4O2/c1-6(2-3-16)5-13-10-7(9(12)17)4-8(11)14-15-10/h4,6,16H,2-3,5H2,1H3,(H2,12,17)(H,13,15). The van der Waals surface area contributed by atoms with Gasteiger partial charge in [0.05, 0.1) is 5.56 Å². The van der Waals surface area contributed by atoms with Crippen LogP contribution in [-0.4, -0.2) is 34.4 Å². The Bertz CT molecular complexity index is 400. The predicted octanol–water partition coefficient (Wildman–Crippen LogP) is 0.659. The molecule has 0 aromatic carbocycles. The van der Waals surface area contributed by atoms with Gasteiger partial charge in [-0.1, -0.05) is 18.5 Å². The minimum Gasteiger partial charge on any atom is -0.396 e. The van der Waals surface area contributed by atoms with Gasteiger partial charge in [-0.25, -0.2) is 0 Å². The van der Waals surface area contributed by atoms with Gasteiger partial charge in [0.1, 0.15) is 0 Å². The first-order chi connectivity index (χ1) is 8.04. The topological polar surface area (TPSA) is 101 Å². The van der Waals surface area contributed by atoms with Gasteiger partial charge in [-0.15, -0.1) is 10.2 Å². The van der Waals surface area contributed by atoms with E-state index in [9.17, 15) is 4.79 Å². The average molecular weight is 259 g/mol. The zero-order valence-electron chi connectivity index (χ0n) is 9.48. The summed E-state index contributed by atoms with van der Waals surface area (Å²) in [6, 6.07) is 1.37. The molecule has 1 aromatic heterocycles. The van der Waals surface area contributed by atoms with Crippen LogP contribution in [0.5, 0.6) is 0 Å². The van der Waals surface area contributed by atoms with Crippen LogP contribution in [0.2, 0.25) is 5.15 Å². The number of carbonyl (C=O) groups excluding carboxylic acids is 1. The summed E-state index contributed by atoms with van der Waals surface area (Å²) in [5, 5.41) is 19.3. The molecule has 1 heterocycles. The second kappa shape index (κ2) is 6.36. The number of nitrogens with one attached hydrogen (secondary N) is 1. The number of amides is 1. The highest BCUT2D eigenvalue weighted by atomic mass is 35.5. The lowest BCUT2D eigenvalue weighted by atomic mass is 10.1. The van der Waals surface area contributed by atoms with E-state index in [0.717, 1.165) is 0 Å². The number of hydrogen-bond donors (Lipinski definition) is 3. The molecule has 17 heavy (non-hydrogen) atoms. The first-order valence-electron chi connectivity index (χ1n) is 5.22. The number of nitrogens with zero attached hydrogens (tertiary/aromatic N) is 2. The molecule has 1 unspecified atom stereocenters. The van der Waals surface area contributed by atoms with Crippen molar-refractivity contribution in [3.8, 4) is 0 Å². The smallest absolute Gasteiger partial charge is 0.252 e. The van der Waals surface area contributed by atoms with Crippen molar-refractivity contribution in [2.45, 2.75) is 13.3 Å². The minimum absolute atomic E-state index is 0.118. The van der Waals surface area contributed by atoms with Crippen molar-refractivity contribution < 1.29 is 9.90 Å².